The summed E-state index contributed by atoms with van der Waals surface area (Å²) >= 11 is 0. The van der Waals surface area contributed by atoms with Crippen molar-refractivity contribution in [1.29, 1.82) is 0 Å². The normalized spacial score (nSPS) is 12.3. The Balaban J connectivity index is 2.22. The highest BCUT2D eigenvalue weighted by Gasteiger charge is 2.13. The molecule has 0 fully saturated rings. The maximum absolute atomic E-state index is 13.6. The Morgan fingerprint density at radius 3 is 2.26 bits per heavy atom. The summed E-state index contributed by atoms with van der Waals surface area (Å²) in [6, 6.07) is 5.04. The molecule has 0 bridgehead atoms. The Kier molecular flexibility index (Phi) is 3.74. The summed E-state index contributed by atoms with van der Waals surface area (Å²) in [5.74, 6) is -0.728. The van der Waals surface area contributed by atoms with Crippen molar-refractivity contribution < 1.29 is 8.78 Å². The van der Waals surface area contributed by atoms with Gasteiger partial charge in [0.2, 0.25) is 5.95 Å². The van der Waals surface area contributed by atoms with Gasteiger partial charge < -0.3 is 5.32 Å². The average molecular weight is 263 g/mol. The summed E-state index contributed by atoms with van der Waals surface area (Å²) < 4.78 is 26.5. The number of benzene rings is 1. The largest absolute Gasteiger partial charge is 0.348 e. The van der Waals surface area contributed by atoms with Gasteiger partial charge in [0.25, 0.3) is 0 Å². The molecule has 1 aromatic heterocycles. The second kappa shape index (κ2) is 5.30. The van der Waals surface area contributed by atoms with Crippen LogP contribution in [-0.2, 0) is 0 Å². The minimum absolute atomic E-state index is 0.346. The lowest BCUT2D eigenvalue weighted by Crippen LogP contribution is -2.12. The summed E-state index contributed by atoms with van der Waals surface area (Å²) in [4.78, 5) is 8.46. The monoisotopic (exact) mass is 263 g/mol. The molecular formula is C14H15F2N3. The zero-order chi connectivity index (χ0) is 14.0. The standard InChI is InChI=1S/C14H15F2N3/c1-8-6-9(2)18-14(17-8)19-10(3)12-5-4-11(15)7-13(12)16/h4-7,10H,1-3H3,(H,17,18,19). The number of aryl methyl sites for hydroxylation is 2. The molecule has 0 saturated carbocycles. The van der Waals surface area contributed by atoms with Crippen LogP contribution in [0.3, 0.4) is 0 Å². The van der Waals surface area contributed by atoms with Crippen LogP contribution in [0.2, 0.25) is 0 Å². The van der Waals surface area contributed by atoms with Gasteiger partial charge >= 0.3 is 0 Å². The van der Waals surface area contributed by atoms with Gasteiger partial charge in [0.05, 0.1) is 6.04 Å². The van der Waals surface area contributed by atoms with Crippen LogP contribution < -0.4 is 5.32 Å². The molecule has 5 heteroatoms. The number of rotatable bonds is 3. The third kappa shape index (κ3) is 3.24. The van der Waals surface area contributed by atoms with Crippen molar-refractivity contribution in [3.05, 3.63) is 52.9 Å². The van der Waals surface area contributed by atoms with E-state index in [0.717, 1.165) is 17.5 Å². The van der Waals surface area contributed by atoms with Crippen molar-refractivity contribution in [3.63, 3.8) is 0 Å². The summed E-state index contributed by atoms with van der Waals surface area (Å²) in [6.07, 6.45) is 0. The van der Waals surface area contributed by atoms with E-state index >= 15 is 0 Å². The van der Waals surface area contributed by atoms with E-state index < -0.39 is 11.6 Å². The first-order chi connectivity index (χ1) is 8.95. The van der Waals surface area contributed by atoms with Gasteiger partial charge in [-0.1, -0.05) is 6.07 Å². The minimum atomic E-state index is -0.587. The smallest absolute Gasteiger partial charge is 0.223 e. The first-order valence-electron chi connectivity index (χ1n) is 5.99. The highest BCUT2D eigenvalue weighted by molar-refractivity contribution is 5.33. The van der Waals surface area contributed by atoms with E-state index in [4.69, 9.17) is 0 Å². The molecule has 1 aromatic carbocycles. The Morgan fingerprint density at radius 1 is 1.05 bits per heavy atom. The minimum Gasteiger partial charge on any atom is -0.348 e. The second-order valence-corrected chi connectivity index (χ2v) is 4.51. The third-order valence-corrected chi connectivity index (χ3v) is 2.76. The molecule has 1 unspecified atom stereocenters. The maximum atomic E-state index is 13.6. The third-order valence-electron chi connectivity index (χ3n) is 2.76. The fourth-order valence-corrected chi connectivity index (χ4v) is 1.91. The Morgan fingerprint density at radius 2 is 1.68 bits per heavy atom. The predicted molar refractivity (Wildman–Crippen MR) is 69.9 cm³/mol. The van der Waals surface area contributed by atoms with E-state index in [0.29, 0.717) is 11.5 Å². The van der Waals surface area contributed by atoms with Crippen molar-refractivity contribution >= 4 is 5.95 Å². The molecule has 0 spiro atoms. The topological polar surface area (TPSA) is 37.8 Å². The van der Waals surface area contributed by atoms with Gasteiger partial charge in [0, 0.05) is 23.0 Å². The lowest BCUT2D eigenvalue weighted by Gasteiger charge is -2.15. The molecule has 0 aliphatic heterocycles. The molecule has 0 amide bonds. The Bertz CT molecular complexity index is 579. The zero-order valence-corrected chi connectivity index (χ0v) is 11.0. The van der Waals surface area contributed by atoms with Crippen molar-refractivity contribution in [2.75, 3.05) is 5.32 Å². The molecule has 2 rings (SSSR count). The van der Waals surface area contributed by atoms with Gasteiger partial charge in [0.1, 0.15) is 11.6 Å². The van der Waals surface area contributed by atoms with E-state index in [1.807, 2.05) is 19.9 Å². The first kappa shape index (κ1) is 13.4. The molecule has 0 saturated heterocycles. The molecule has 1 N–H and O–H groups in total. The van der Waals surface area contributed by atoms with Gasteiger partial charge in [-0.25, -0.2) is 18.7 Å². The number of hydrogen-bond acceptors (Lipinski definition) is 3. The summed E-state index contributed by atoms with van der Waals surface area (Å²) in [5, 5.41) is 3.02. The highest BCUT2D eigenvalue weighted by atomic mass is 19.1. The van der Waals surface area contributed by atoms with Crippen LogP contribution in [0.4, 0.5) is 14.7 Å². The summed E-state index contributed by atoms with van der Waals surface area (Å²) in [7, 11) is 0. The van der Waals surface area contributed by atoms with E-state index in [-0.39, 0.29) is 6.04 Å². The molecule has 2 aromatic rings. The van der Waals surface area contributed by atoms with E-state index in [9.17, 15) is 8.78 Å². The zero-order valence-electron chi connectivity index (χ0n) is 11.0. The van der Waals surface area contributed by atoms with Gasteiger partial charge in [-0.2, -0.15) is 0 Å². The van der Waals surface area contributed by atoms with Crippen molar-refractivity contribution in [2.45, 2.75) is 26.8 Å². The van der Waals surface area contributed by atoms with E-state index in [2.05, 4.69) is 15.3 Å². The number of anilines is 1. The molecule has 3 nitrogen and oxygen atoms in total. The Hall–Kier alpha value is -2.04. The van der Waals surface area contributed by atoms with Crippen LogP contribution in [0.15, 0.2) is 24.3 Å². The van der Waals surface area contributed by atoms with Gasteiger partial charge in [0.15, 0.2) is 0 Å². The molecular weight excluding hydrogens is 248 g/mol. The van der Waals surface area contributed by atoms with E-state index in [1.54, 1.807) is 6.92 Å². The predicted octanol–water partition coefficient (Wildman–Crippen LogP) is 3.54. The molecule has 0 aliphatic rings. The number of nitrogens with zero attached hydrogens (tertiary/aromatic N) is 2. The fraction of sp³-hybridized carbons (Fsp3) is 0.286. The number of halogens is 2. The van der Waals surface area contributed by atoms with Crippen LogP contribution in [0.25, 0.3) is 0 Å². The van der Waals surface area contributed by atoms with Crippen molar-refractivity contribution in [1.82, 2.24) is 9.97 Å². The van der Waals surface area contributed by atoms with Crippen LogP contribution in [0, 0.1) is 25.5 Å². The Labute approximate surface area is 110 Å². The van der Waals surface area contributed by atoms with Crippen LogP contribution >= 0.6 is 0 Å². The summed E-state index contributed by atoms with van der Waals surface area (Å²) in [5.41, 5.74) is 2.05. The van der Waals surface area contributed by atoms with Crippen LogP contribution in [0.5, 0.6) is 0 Å². The average Bonchev–Trinajstić information content (AvgIpc) is 2.26. The van der Waals surface area contributed by atoms with Crippen molar-refractivity contribution in [3.8, 4) is 0 Å². The van der Waals surface area contributed by atoms with Crippen LogP contribution in [0.1, 0.15) is 29.9 Å². The molecule has 1 heterocycles. The van der Waals surface area contributed by atoms with Gasteiger partial charge in [-0.05, 0) is 32.9 Å². The maximum Gasteiger partial charge on any atom is 0.223 e. The molecule has 19 heavy (non-hydrogen) atoms. The lowest BCUT2D eigenvalue weighted by molar-refractivity contribution is 0.566. The number of aromatic nitrogens is 2. The van der Waals surface area contributed by atoms with Crippen molar-refractivity contribution in [2.24, 2.45) is 0 Å². The first-order valence-corrected chi connectivity index (χ1v) is 5.99. The number of hydrogen-bond donors (Lipinski definition) is 1. The lowest BCUT2D eigenvalue weighted by atomic mass is 10.1. The van der Waals surface area contributed by atoms with Gasteiger partial charge in [-0.3, -0.25) is 0 Å². The molecule has 1 atom stereocenters. The second-order valence-electron chi connectivity index (χ2n) is 4.51. The van der Waals surface area contributed by atoms with Crippen LogP contribution in [-0.4, -0.2) is 9.97 Å². The molecule has 0 aliphatic carbocycles. The van der Waals surface area contributed by atoms with Gasteiger partial charge in [-0.15, -0.1) is 0 Å². The van der Waals surface area contributed by atoms with E-state index in [1.165, 1.54) is 12.1 Å². The highest BCUT2D eigenvalue weighted by Crippen LogP contribution is 2.21. The quantitative estimate of drug-likeness (QED) is 0.920. The molecule has 0 radical (unpaired) electrons. The number of nitrogens with one attached hydrogen (secondary N) is 1. The molecule has 100 valence electrons. The SMILES string of the molecule is Cc1cc(C)nc(NC(C)c2ccc(F)cc2F)n1. The summed E-state index contributed by atoms with van der Waals surface area (Å²) in [6.45, 7) is 5.50. The fourth-order valence-electron chi connectivity index (χ4n) is 1.91.